The molecule has 0 spiro atoms. The van der Waals surface area contributed by atoms with Gasteiger partial charge < -0.3 is 15.4 Å². The third-order valence-electron chi connectivity index (χ3n) is 3.54. The molecule has 0 unspecified atom stereocenters. The van der Waals surface area contributed by atoms with E-state index in [9.17, 15) is 9.59 Å². The van der Waals surface area contributed by atoms with E-state index in [4.69, 9.17) is 10.5 Å². The van der Waals surface area contributed by atoms with E-state index in [2.05, 4.69) is 0 Å². The number of carbonyl (C=O) groups is 2. The Labute approximate surface area is 142 Å². The molecule has 0 radical (unpaired) electrons. The maximum Gasteiger partial charge on any atom is 0.254 e. The van der Waals surface area contributed by atoms with Crippen LogP contribution in [0.15, 0.2) is 54.6 Å². The van der Waals surface area contributed by atoms with Gasteiger partial charge in [0.05, 0.1) is 6.61 Å². The van der Waals surface area contributed by atoms with Gasteiger partial charge in [-0.15, -0.1) is 0 Å². The largest absolute Gasteiger partial charge is 0.494 e. The number of amides is 2. The molecule has 0 heterocycles. The molecule has 5 heteroatoms. The smallest absolute Gasteiger partial charge is 0.254 e. The number of ether oxygens (including phenoxy) is 1. The first-order valence-electron chi connectivity index (χ1n) is 7.94. The van der Waals surface area contributed by atoms with E-state index < -0.39 is 5.91 Å². The third kappa shape index (κ3) is 5.12. The summed E-state index contributed by atoms with van der Waals surface area (Å²) >= 11 is 0. The van der Waals surface area contributed by atoms with Gasteiger partial charge in [0.15, 0.2) is 0 Å². The molecule has 2 aromatic rings. The van der Waals surface area contributed by atoms with Gasteiger partial charge in [-0.05, 0) is 36.8 Å². The summed E-state index contributed by atoms with van der Waals surface area (Å²) in [7, 11) is 0. The number of rotatable bonds is 8. The van der Waals surface area contributed by atoms with Crippen molar-refractivity contribution >= 4 is 11.8 Å². The van der Waals surface area contributed by atoms with Crippen LogP contribution in [0.5, 0.6) is 5.75 Å². The molecule has 0 aromatic heterocycles. The van der Waals surface area contributed by atoms with Gasteiger partial charge in [-0.25, -0.2) is 0 Å². The van der Waals surface area contributed by atoms with Crippen LogP contribution in [-0.4, -0.2) is 29.9 Å². The second-order valence-corrected chi connectivity index (χ2v) is 5.39. The van der Waals surface area contributed by atoms with E-state index in [-0.39, 0.29) is 18.9 Å². The van der Waals surface area contributed by atoms with Crippen LogP contribution in [0.25, 0.3) is 0 Å². The van der Waals surface area contributed by atoms with E-state index in [1.165, 1.54) is 0 Å². The molecule has 0 aliphatic heterocycles. The zero-order valence-corrected chi connectivity index (χ0v) is 13.8. The molecule has 2 amide bonds. The van der Waals surface area contributed by atoms with Crippen molar-refractivity contribution in [1.29, 1.82) is 0 Å². The third-order valence-corrected chi connectivity index (χ3v) is 3.54. The number of hydrogen-bond acceptors (Lipinski definition) is 3. The second kappa shape index (κ2) is 8.72. The Kier molecular flexibility index (Phi) is 6.37. The lowest BCUT2D eigenvalue weighted by molar-refractivity contribution is -0.118. The Bertz CT molecular complexity index is 669. The highest BCUT2D eigenvalue weighted by Crippen LogP contribution is 2.15. The monoisotopic (exact) mass is 326 g/mol. The molecule has 0 aliphatic rings. The minimum Gasteiger partial charge on any atom is -0.494 e. The summed E-state index contributed by atoms with van der Waals surface area (Å²) in [5, 5.41) is 0. The van der Waals surface area contributed by atoms with Gasteiger partial charge in [0.2, 0.25) is 5.91 Å². The van der Waals surface area contributed by atoms with Gasteiger partial charge in [0, 0.05) is 25.1 Å². The van der Waals surface area contributed by atoms with Crippen LogP contribution in [0.4, 0.5) is 0 Å². The summed E-state index contributed by atoms with van der Waals surface area (Å²) in [4.78, 5) is 25.5. The highest BCUT2D eigenvalue weighted by Gasteiger charge is 2.17. The van der Waals surface area contributed by atoms with E-state index in [0.717, 1.165) is 11.3 Å². The quantitative estimate of drug-likeness (QED) is 0.810. The van der Waals surface area contributed by atoms with Crippen molar-refractivity contribution in [2.24, 2.45) is 5.73 Å². The molecule has 0 aliphatic carbocycles. The van der Waals surface area contributed by atoms with Crippen LogP contribution in [0.1, 0.15) is 29.3 Å². The van der Waals surface area contributed by atoms with Crippen LogP contribution in [0.2, 0.25) is 0 Å². The molecule has 24 heavy (non-hydrogen) atoms. The van der Waals surface area contributed by atoms with Gasteiger partial charge in [0.1, 0.15) is 5.75 Å². The molecule has 0 saturated carbocycles. The van der Waals surface area contributed by atoms with Crippen LogP contribution >= 0.6 is 0 Å². The molecule has 5 nitrogen and oxygen atoms in total. The van der Waals surface area contributed by atoms with Gasteiger partial charge >= 0.3 is 0 Å². The summed E-state index contributed by atoms with van der Waals surface area (Å²) in [5.74, 6) is 0.163. The zero-order chi connectivity index (χ0) is 17.4. The lowest BCUT2D eigenvalue weighted by Crippen LogP contribution is -2.33. The number of nitrogens with zero attached hydrogens (tertiary/aromatic N) is 1. The summed E-state index contributed by atoms with van der Waals surface area (Å²) < 4.78 is 5.39. The Morgan fingerprint density at radius 3 is 2.29 bits per heavy atom. The van der Waals surface area contributed by atoms with Crippen molar-refractivity contribution in [3.8, 4) is 5.75 Å². The number of hydrogen-bond donors (Lipinski definition) is 1. The van der Waals surface area contributed by atoms with E-state index in [1.807, 2.05) is 37.3 Å². The van der Waals surface area contributed by atoms with Crippen LogP contribution in [0, 0.1) is 0 Å². The van der Waals surface area contributed by atoms with Crippen molar-refractivity contribution in [1.82, 2.24) is 4.90 Å². The summed E-state index contributed by atoms with van der Waals surface area (Å²) in [6, 6.07) is 16.7. The second-order valence-electron chi connectivity index (χ2n) is 5.39. The van der Waals surface area contributed by atoms with Crippen molar-refractivity contribution in [3.63, 3.8) is 0 Å². The summed E-state index contributed by atoms with van der Waals surface area (Å²) in [6.45, 7) is 3.20. The van der Waals surface area contributed by atoms with Crippen molar-refractivity contribution in [2.75, 3.05) is 13.2 Å². The molecule has 0 atom stereocenters. The fourth-order valence-corrected chi connectivity index (χ4v) is 2.34. The van der Waals surface area contributed by atoms with Gasteiger partial charge in [0.25, 0.3) is 5.91 Å². The molecular formula is C19H22N2O3. The SMILES string of the molecule is CCOc1ccc(C(=O)N(CCC(N)=O)Cc2ccccc2)cc1. The summed E-state index contributed by atoms with van der Waals surface area (Å²) in [6.07, 6.45) is 0.135. The number of carbonyl (C=O) groups excluding carboxylic acids is 2. The number of nitrogens with two attached hydrogens (primary N) is 1. The fourth-order valence-electron chi connectivity index (χ4n) is 2.34. The Morgan fingerprint density at radius 2 is 1.71 bits per heavy atom. The van der Waals surface area contributed by atoms with E-state index >= 15 is 0 Å². The topological polar surface area (TPSA) is 72.6 Å². The van der Waals surface area contributed by atoms with E-state index in [0.29, 0.717) is 18.7 Å². The first-order valence-corrected chi connectivity index (χ1v) is 7.94. The molecule has 0 bridgehead atoms. The molecule has 2 N–H and O–H groups in total. The molecule has 0 fully saturated rings. The van der Waals surface area contributed by atoms with E-state index in [1.54, 1.807) is 29.2 Å². The standard InChI is InChI=1S/C19H22N2O3/c1-2-24-17-10-8-16(9-11-17)19(23)21(13-12-18(20)22)14-15-6-4-3-5-7-15/h3-11H,2,12-14H2,1H3,(H2,20,22). The minimum atomic E-state index is -0.424. The van der Waals surface area contributed by atoms with Crippen molar-refractivity contribution in [2.45, 2.75) is 19.9 Å². The van der Waals surface area contributed by atoms with Crippen LogP contribution in [-0.2, 0) is 11.3 Å². The predicted octanol–water partition coefficient (Wildman–Crippen LogP) is 2.60. The van der Waals surface area contributed by atoms with Crippen LogP contribution in [0.3, 0.4) is 0 Å². The Hall–Kier alpha value is -2.82. The Balaban J connectivity index is 2.14. The minimum absolute atomic E-state index is 0.135. The maximum absolute atomic E-state index is 12.8. The molecule has 0 saturated heterocycles. The first kappa shape index (κ1) is 17.5. The number of primary amides is 1. The molecule has 2 aromatic carbocycles. The van der Waals surface area contributed by atoms with Crippen LogP contribution < -0.4 is 10.5 Å². The average molecular weight is 326 g/mol. The molecule has 126 valence electrons. The maximum atomic E-state index is 12.8. The van der Waals surface area contributed by atoms with Gasteiger partial charge in [-0.3, -0.25) is 9.59 Å². The van der Waals surface area contributed by atoms with Crippen molar-refractivity contribution < 1.29 is 14.3 Å². The lowest BCUT2D eigenvalue weighted by atomic mass is 10.1. The fraction of sp³-hybridized carbons (Fsp3) is 0.263. The molecular weight excluding hydrogens is 304 g/mol. The summed E-state index contributed by atoms with van der Waals surface area (Å²) in [5.41, 5.74) is 6.79. The van der Waals surface area contributed by atoms with Gasteiger partial charge in [-0.2, -0.15) is 0 Å². The number of benzene rings is 2. The average Bonchev–Trinajstić information content (AvgIpc) is 2.60. The normalized spacial score (nSPS) is 10.2. The highest BCUT2D eigenvalue weighted by molar-refractivity contribution is 5.94. The highest BCUT2D eigenvalue weighted by atomic mass is 16.5. The zero-order valence-electron chi connectivity index (χ0n) is 13.8. The predicted molar refractivity (Wildman–Crippen MR) is 92.6 cm³/mol. The van der Waals surface area contributed by atoms with Gasteiger partial charge in [-0.1, -0.05) is 30.3 Å². The Morgan fingerprint density at radius 1 is 1.04 bits per heavy atom. The lowest BCUT2D eigenvalue weighted by Gasteiger charge is -2.22. The molecule has 2 rings (SSSR count). The first-order chi connectivity index (χ1) is 11.6. The van der Waals surface area contributed by atoms with Crippen molar-refractivity contribution in [3.05, 3.63) is 65.7 Å².